The number of carbonyl (C=O) groups excluding carboxylic acids is 1. The number of aromatic nitrogens is 2. The van der Waals surface area contributed by atoms with Crippen molar-refractivity contribution in [1.29, 1.82) is 0 Å². The number of nitrogens with one attached hydrogen (secondary N) is 1. The van der Waals surface area contributed by atoms with Crippen LogP contribution in [-0.2, 0) is 0 Å². The summed E-state index contributed by atoms with van der Waals surface area (Å²) in [5.74, 6) is 0.908. The summed E-state index contributed by atoms with van der Waals surface area (Å²) < 4.78 is 11.4. The molecule has 0 saturated heterocycles. The van der Waals surface area contributed by atoms with Gasteiger partial charge in [0.2, 0.25) is 5.13 Å². The SMILES string of the molecule is CC(C)Oc1cc(OC(C)C)cc(C(=O)Nc2nncs2)c1. The van der Waals surface area contributed by atoms with Crippen LogP contribution in [0.1, 0.15) is 38.1 Å². The Kier molecular flexibility index (Phi) is 5.32. The Bertz CT molecular complexity index is 599. The van der Waals surface area contributed by atoms with Crippen molar-refractivity contribution in [3.05, 3.63) is 29.3 Å². The number of nitrogens with zero attached hydrogens (tertiary/aromatic N) is 2. The van der Waals surface area contributed by atoms with E-state index in [0.717, 1.165) is 0 Å². The minimum atomic E-state index is -0.278. The topological polar surface area (TPSA) is 73.3 Å². The van der Waals surface area contributed by atoms with Crippen LogP contribution in [0.2, 0.25) is 0 Å². The molecule has 0 bridgehead atoms. The van der Waals surface area contributed by atoms with Gasteiger partial charge in [0.05, 0.1) is 12.2 Å². The van der Waals surface area contributed by atoms with Crippen molar-refractivity contribution in [2.24, 2.45) is 0 Å². The number of hydrogen-bond acceptors (Lipinski definition) is 6. The van der Waals surface area contributed by atoms with Gasteiger partial charge in [-0.3, -0.25) is 10.1 Å². The zero-order chi connectivity index (χ0) is 16.1. The maximum atomic E-state index is 12.3. The Hall–Kier alpha value is -2.15. The average molecular weight is 321 g/mol. The van der Waals surface area contributed by atoms with Gasteiger partial charge in [-0.25, -0.2) is 0 Å². The van der Waals surface area contributed by atoms with E-state index in [0.29, 0.717) is 22.2 Å². The van der Waals surface area contributed by atoms with E-state index < -0.39 is 0 Å². The molecule has 1 aromatic carbocycles. The third-order valence-corrected chi connectivity index (χ3v) is 3.07. The van der Waals surface area contributed by atoms with Gasteiger partial charge in [-0.15, -0.1) is 10.2 Å². The molecule has 0 aliphatic carbocycles. The minimum absolute atomic E-state index is 0.00775. The number of carbonyl (C=O) groups is 1. The Morgan fingerprint density at radius 1 is 1.09 bits per heavy atom. The van der Waals surface area contributed by atoms with Crippen LogP contribution in [-0.4, -0.2) is 28.3 Å². The van der Waals surface area contributed by atoms with Gasteiger partial charge in [-0.05, 0) is 39.8 Å². The first-order valence-corrected chi connectivity index (χ1v) is 7.88. The third-order valence-electron chi connectivity index (χ3n) is 2.47. The summed E-state index contributed by atoms with van der Waals surface area (Å²) in [7, 11) is 0. The fraction of sp³-hybridized carbons (Fsp3) is 0.400. The van der Waals surface area contributed by atoms with Gasteiger partial charge >= 0.3 is 0 Å². The van der Waals surface area contributed by atoms with E-state index in [2.05, 4.69) is 15.5 Å². The Morgan fingerprint density at radius 3 is 2.14 bits per heavy atom. The Labute approximate surface area is 133 Å². The lowest BCUT2D eigenvalue weighted by Crippen LogP contribution is -2.14. The van der Waals surface area contributed by atoms with Crippen LogP contribution < -0.4 is 14.8 Å². The van der Waals surface area contributed by atoms with Crippen LogP contribution in [0.3, 0.4) is 0 Å². The van der Waals surface area contributed by atoms with E-state index in [1.807, 2.05) is 27.7 Å². The molecule has 0 aliphatic heterocycles. The van der Waals surface area contributed by atoms with Crippen molar-refractivity contribution >= 4 is 22.4 Å². The van der Waals surface area contributed by atoms with Crippen LogP contribution in [0.5, 0.6) is 11.5 Å². The van der Waals surface area contributed by atoms with Gasteiger partial charge in [0.1, 0.15) is 17.0 Å². The molecule has 1 N–H and O–H groups in total. The van der Waals surface area contributed by atoms with Crippen LogP contribution in [0, 0.1) is 0 Å². The summed E-state index contributed by atoms with van der Waals surface area (Å²) in [4.78, 5) is 12.3. The second kappa shape index (κ2) is 7.22. The molecule has 22 heavy (non-hydrogen) atoms. The van der Waals surface area contributed by atoms with Crippen molar-refractivity contribution < 1.29 is 14.3 Å². The summed E-state index contributed by atoms with van der Waals surface area (Å²) in [6.07, 6.45) is 0.0155. The molecule has 0 radical (unpaired) electrons. The van der Waals surface area contributed by atoms with Gasteiger partial charge in [-0.2, -0.15) is 0 Å². The molecule has 0 fully saturated rings. The number of benzene rings is 1. The number of rotatable bonds is 6. The highest BCUT2D eigenvalue weighted by Crippen LogP contribution is 2.25. The molecule has 1 heterocycles. The first kappa shape index (κ1) is 16.2. The molecule has 0 saturated carbocycles. The molecule has 0 spiro atoms. The van der Waals surface area contributed by atoms with Gasteiger partial charge in [-0.1, -0.05) is 11.3 Å². The summed E-state index contributed by atoms with van der Waals surface area (Å²) in [5.41, 5.74) is 2.00. The molecular formula is C15H19N3O3S. The highest BCUT2D eigenvalue weighted by atomic mass is 32.1. The van der Waals surface area contributed by atoms with E-state index in [1.54, 1.807) is 23.7 Å². The highest BCUT2D eigenvalue weighted by molar-refractivity contribution is 7.13. The highest BCUT2D eigenvalue weighted by Gasteiger charge is 2.13. The third kappa shape index (κ3) is 4.70. The van der Waals surface area contributed by atoms with Crippen molar-refractivity contribution in [1.82, 2.24) is 10.2 Å². The lowest BCUT2D eigenvalue weighted by Gasteiger charge is -2.15. The molecule has 7 heteroatoms. The van der Waals surface area contributed by atoms with Crippen LogP contribution in [0.4, 0.5) is 5.13 Å². The molecule has 2 rings (SSSR count). The van der Waals surface area contributed by atoms with Crippen LogP contribution >= 0.6 is 11.3 Å². The molecule has 2 aromatic rings. The van der Waals surface area contributed by atoms with Crippen LogP contribution in [0.25, 0.3) is 0 Å². The van der Waals surface area contributed by atoms with Gasteiger partial charge in [0.15, 0.2) is 0 Å². The summed E-state index contributed by atoms with van der Waals surface area (Å²) in [5, 5.41) is 10.6. The zero-order valence-electron chi connectivity index (χ0n) is 13.0. The van der Waals surface area contributed by atoms with E-state index in [-0.39, 0.29) is 18.1 Å². The molecule has 1 amide bonds. The monoisotopic (exact) mass is 321 g/mol. The largest absolute Gasteiger partial charge is 0.491 e. The molecule has 1 aromatic heterocycles. The number of anilines is 1. The summed E-state index contributed by atoms with van der Waals surface area (Å²) in [6.45, 7) is 7.71. The second-order valence-corrected chi connectivity index (χ2v) is 6.06. The van der Waals surface area contributed by atoms with Crippen molar-refractivity contribution in [2.75, 3.05) is 5.32 Å². The van der Waals surface area contributed by atoms with Gasteiger partial charge in [0, 0.05) is 11.6 Å². The quantitative estimate of drug-likeness (QED) is 0.883. The minimum Gasteiger partial charge on any atom is -0.491 e. The molecule has 118 valence electrons. The first-order valence-electron chi connectivity index (χ1n) is 7.00. The first-order chi connectivity index (χ1) is 10.4. The van der Waals surface area contributed by atoms with Gasteiger partial charge < -0.3 is 9.47 Å². The Balaban J connectivity index is 2.25. The van der Waals surface area contributed by atoms with Crippen molar-refractivity contribution in [3.63, 3.8) is 0 Å². The fourth-order valence-electron chi connectivity index (χ4n) is 1.78. The molecule has 0 atom stereocenters. The number of ether oxygens (including phenoxy) is 2. The zero-order valence-corrected chi connectivity index (χ0v) is 13.8. The van der Waals surface area contributed by atoms with E-state index in [4.69, 9.17) is 9.47 Å². The normalized spacial score (nSPS) is 10.8. The van der Waals surface area contributed by atoms with E-state index in [1.165, 1.54) is 11.3 Å². The second-order valence-electron chi connectivity index (χ2n) is 5.22. The Morgan fingerprint density at radius 2 is 1.68 bits per heavy atom. The predicted octanol–water partition coefficient (Wildman–Crippen LogP) is 3.36. The fourth-order valence-corrected chi connectivity index (χ4v) is 2.22. The van der Waals surface area contributed by atoms with Crippen molar-refractivity contribution in [3.8, 4) is 11.5 Å². The summed E-state index contributed by atoms with van der Waals surface area (Å²) in [6, 6.07) is 5.15. The predicted molar refractivity (Wildman–Crippen MR) is 85.8 cm³/mol. The molecule has 0 unspecified atom stereocenters. The number of hydrogen-bond donors (Lipinski definition) is 1. The van der Waals surface area contributed by atoms with Crippen LogP contribution in [0.15, 0.2) is 23.7 Å². The van der Waals surface area contributed by atoms with Gasteiger partial charge in [0.25, 0.3) is 5.91 Å². The lowest BCUT2D eigenvalue weighted by atomic mass is 10.2. The lowest BCUT2D eigenvalue weighted by molar-refractivity contribution is 0.102. The standard InChI is InChI=1S/C15H19N3O3S/c1-9(2)20-12-5-11(6-13(7-12)21-10(3)4)14(19)17-15-18-16-8-22-15/h5-10H,1-4H3,(H,17,18,19). The maximum absolute atomic E-state index is 12.3. The molecule has 6 nitrogen and oxygen atoms in total. The molecular weight excluding hydrogens is 302 g/mol. The average Bonchev–Trinajstić information content (AvgIpc) is 2.89. The summed E-state index contributed by atoms with van der Waals surface area (Å²) >= 11 is 1.26. The number of amides is 1. The van der Waals surface area contributed by atoms with E-state index >= 15 is 0 Å². The van der Waals surface area contributed by atoms with Crippen molar-refractivity contribution in [2.45, 2.75) is 39.9 Å². The smallest absolute Gasteiger partial charge is 0.257 e. The maximum Gasteiger partial charge on any atom is 0.257 e. The van der Waals surface area contributed by atoms with E-state index in [9.17, 15) is 4.79 Å². The molecule has 0 aliphatic rings.